The number of hydrogen-bond donors (Lipinski definition) is 3. The van der Waals surface area contributed by atoms with Crippen molar-refractivity contribution in [3.8, 4) is 0 Å². The topological polar surface area (TPSA) is 74.0 Å². The summed E-state index contributed by atoms with van der Waals surface area (Å²) in [4.78, 5) is 28.1. The zero-order chi connectivity index (χ0) is 22.8. The van der Waals surface area contributed by atoms with Crippen LogP contribution in [0, 0.1) is 26.7 Å². The third-order valence-electron chi connectivity index (χ3n) is 6.84. The van der Waals surface area contributed by atoms with Gasteiger partial charge in [0.25, 0.3) is 11.5 Å². The molecule has 0 bridgehead atoms. The Kier molecular flexibility index (Phi) is 7.15. The Labute approximate surface area is 190 Å². The zero-order valence-electron chi connectivity index (χ0n) is 19.2. The highest BCUT2D eigenvalue weighted by molar-refractivity contribution is 6.31. The number of pyridine rings is 1. The first kappa shape index (κ1) is 23.4. The molecule has 1 aliphatic carbocycles. The van der Waals surface area contributed by atoms with E-state index in [0.717, 1.165) is 47.7 Å². The first-order chi connectivity index (χ1) is 14.6. The van der Waals surface area contributed by atoms with Crippen LogP contribution >= 0.6 is 11.6 Å². The molecule has 3 N–H and O–H groups in total. The second-order valence-corrected chi connectivity index (χ2v) is 9.63. The smallest absolute Gasteiger partial charge is 0.253 e. The summed E-state index contributed by atoms with van der Waals surface area (Å²) < 4.78 is 0. The van der Waals surface area contributed by atoms with E-state index in [1.54, 1.807) is 6.07 Å². The quantitative estimate of drug-likeness (QED) is 0.539. The number of rotatable bonds is 6. The predicted molar refractivity (Wildman–Crippen MR) is 128 cm³/mol. The molecule has 1 heterocycles. The molecule has 2 aromatic rings. The van der Waals surface area contributed by atoms with Crippen molar-refractivity contribution in [2.75, 3.05) is 5.32 Å². The van der Waals surface area contributed by atoms with E-state index in [0.29, 0.717) is 16.1 Å². The van der Waals surface area contributed by atoms with E-state index in [1.165, 1.54) is 12.8 Å². The van der Waals surface area contributed by atoms with Gasteiger partial charge in [0.05, 0.1) is 0 Å². The summed E-state index contributed by atoms with van der Waals surface area (Å²) in [6.07, 6.45) is 5.68. The molecule has 1 aliphatic rings. The van der Waals surface area contributed by atoms with Gasteiger partial charge in [-0.25, -0.2) is 0 Å². The molecule has 0 unspecified atom stereocenters. The average Bonchev–Trinajstić information content (AvgIpc) is 2.71. The number of amides is 1. The zero-order valence-corrected chi connectivity index (χ0v) is 20.0. The lowest BCUT2D eigenvalue weighted by atomic mass is 9.75. The number of anilines is 1. The van der Waals surface area contributed by atoms with Gasteiger partial charge < -0.3 is 15.6 Å². The van der Waals surface area contributed by atoms with Crippen molar-refractivity contribution in [2.24, 2.45) is 5.92 Å². The minimum absolute atomic E-state index is 0.0437. The molecule has 1 aromatic heterocycles. The molecule has 6 heteroatoms. The fourth-order valence-corrected chi connectivity index (χ4v) is 4.80. The summed E-state index contributed by atoms with van der Waals surface area (Å²) in [6.45, 7) is 10.4. The van der Waals surface area contributed by atoms with Crippen molar-refractivity contribution in [1.29, 1.82) is 0 Å². The van der Waals surface area contributed by atoms with E-state index in [9.17, 15) is 9.59 Å². The highest BCUT2D eigenvalue weighted by Crippen LogP contribution is 2.38. The van der Waals surface area contributed by atoms with E-state index in [4.69, 9.17) is 11.6 Å². The number of halogens is 1. The molecule has 168 valence electrons. The number of carbonyl (C=O) groups is 1. The van der Waals surface area contributed by atoms with Gasteiger partial charge in [0.1, 0.15) is 0 Å². The maximum absolute atomic E-state index is 13.0. The first-order valence-electron chi connectivity index (χ1n) is 11.2. The Morgan fingerprint density at radius 1 is 1.19 bits per heavy atom. The first-order valence-corrected chi connectivity index (χ1v) is 11.6. The van der Waals surface area contributed by atoms with Crippen molar-refractivity contribution in [3.05, 3.63) is 61.5 Å². The normalized spacial score (nSPS) is 21.0. The van der Waals surface area contributed by atoms with Gasteiger partial charge >= 0.3 is 0 Å². The number of hydrogen-bond acceptors (Lipinski definition) is 3. The number of benzene rings is 1. The largest absolute Gasteiger partial charge is 0.379 e. The summed E-state index contributed by atoms with van der Waals surface area (Å²) in [6, 6.07) is 5.52. The fourth-order valence-electron chi connectivity index (χ4n) is 4.58. The van der Waals surface area contributed by atoms with Gasteiger partial charge in [-0.3, -0.25) is 9.59 Å². The Morgan fingerprint density at radius 2 is 1.87 bits per heavy atom. The van der Waals surface area contributed by atoms with E-state index in [1.807, 2.05) is 32.9 Å². The van der Waals surface area contributed by atoms with Gasteiger partial charge in [0.15, 0.2) is 0 Å². The predicted octanol–water partition coefficient (Wildman–Crippen LogP) is 5.65. The van der Waals surface area contributed by atoms with Crippen LogP contribution in [0.4, 0.5) is 5.69 Å². The number of aromatic nitrogens is 1. The van der Waals surface area contributed by atoms with Crippen molar-refractivity contribution in [2.45, 2.75) is 78.8 Å². The van der Waals surface area contributed by atoms with Crippen LogP contribution in [0.25, 0.3) is 0 Å². The highest BCUT2D eigenvalue weighted by atomic mass is 35.5. The third-order valence-corrected chi connectivity index (χ3v) is 7.06. The lowest BCUT2D eigenvalue weighted by molar-refractivity contribution is 0.0950. The molecule has 0 aliphatic heterocycles. The third kappa shape index (κ3) is 5.32. The van der Waals surface area contributed by atoms with Crippen LogP contribution in [0.1, 0.15) is 78.7 Å². The maximum Gasteiger partial charge on any atom is 0.253 e. The standard InChI is InChI=1S/C25H34ClN3O2/c1-6-25(9-7-15(2)8-10-25)29-22-13-19(26)12-20(18(22)5)23(30)27-14-21-16(3)11-17(4)28-24(21)31/h11-13,15,29H,6-10,14H2,1-5H3,(H,27,30)(H,28,31). The van der Waals surface area contributed by atoms with Crippen LogP contribution in [-0.4, -0.2) is 16.4 Å². The van der Waals surface area contributed by atoms with Crippen molar-refractivity contribution >= 4 is 23.2 Å². The molecule has 0 radical (unpaired) electrons. The average molecular weight is 444 g/mol. The molecule has 0 saturated heterocycles. The molecule has 3 rings (SSSR count). The highest BCUT2D eigenvalue weighted by Gasteiger charge is 2.33. The molecule has 5 nitrogen and oxygen atoms in total. The van der Waals surface area contributed by atoms with Crippen LogP contribution in [0.15, 0.2) is 23.0 Å². The molecule has 1 aromatic carbocycles. The Hall–Kier alpha value is -2.27. The van der Waals surface area contributed by atoms with Crippen LogP contribution in [0.2, 0.25) is 5.02 Å². The maximum atomic E-state index is 13.0. The minimum atomic E-state index is -0.231. The van der Waals surface area contributed by atoms with Gasteiger partial charge in [-0.2, -0.15) is 0 Å². The summed E-state index contributed by atoms with van der Waals surface area (Å²) in [5.41, 5.74) is 4.44. The summed E-state index contributed by atoms with van der Waals surface area (Å²) in [7, 11) is 0. The number of aromatic amines is 1. The van der Waals surface area contributed by atoms with Gasteiger partial charge in [-0.1, -0.05) is 25.4 Å². The van der Waals surface area contributed by atoms with Gasteiger partial charge in [-0.05, 0) is 88.1 Å². The Balaban J connectivity index is 1.81. The number of nitrogens with one attached hydrogen (secondary N) is 3. The van der Waals surface area contributed by atoms with Gasteiger partial charge in [0, 0.05) is 39.6 Å². The SMILES string of the molecule is CCC1(Nc2cc(Cl)cc(C(=O)NCc3c(C)cc(C)[nH]c3=O)c2C)CCC(C)CC1. The van der Waals surface area contributed by atoms with Crippen LogP contribution in [0.3, 0.4) is 0 Å². The Morgan fingerprint density at radius 3 is 2.48 bits per heavy atom. The molecule has 1 saturated carbocycles. The summed E-state index contributed by atoms with van der Waals surface area (Å²) in [5.74, 6) is 0.530. The molecule has 1 amide bonds. The number of H-pyrrole nitrogens is 1. The molecule has 0 spiro atoms. The summed E-state index contributed by atoms with van der Waals surface area (Å²) in [5, 5.41) is 7.17. The monoisotopic (exact) mass is 443 g/mol. The molecule has 0 atom stereocenters. The summed E-state index contributed by atoms with van der Waals surface area (Å²) >= 11 is 6.41. The second kappa shape index (κ2) is 9.47. The van der Waals surface area contributed by atoms with Crippen molar-refractivity contribution in [1.82, 2.24) is 10.3 Å². The lowest BCUT2D eigenvalue weighted by Gasteiger charge is -2.41. The van der Waals surface area contributed by atoms with Gasteiger partial charge in [-0.15, -0.1) is 0 Å². The van der Waals surface area contributed by atoms with Crippen molar-refractivity contribution < 1.29 is 4.79 Å². The molecule has 31 heavy (non-hydrogen) atoms. The Bertz CT molecular complexity index is 1020. The lowest BCUT2D eigenvalue weighted by Crippen LogP contribution is -2.41. The van der Waals surface area contributed by atoms with E-state index >= 15 is 0 Å². The molecular formula is C25H34ClN3O2. The van der Waals surface area contributed by atoms with Crippen LogP contribution in [-0.2, 0) is 6.54 Å². The van der Waals surface area contributed by atoms with Gasteiger partial charge in [0.2, 0.25) is 0 Å². The second-order valence-electron chi connectivity index (χ2n) is 9.19. The van der Waals surface area contributed by atoms with E-state index in [-0.39, 0.29) is 23.6 Å². The van der Waals surface area contributed by atoms with E-state index < -0.39 is 0 Å². The number of aryl methyl sites for hydroxylation is 2. The molecular weight excluding hydrogens is 410 g/mol. The molecule has 1 fully saturated rings. The number of carbonyl (C=O) groups excluding carboxylic acids is 1. The fraction of sp³-hybridized carbons (Fsp3) is 0.520. The van der Waals surface area contributed by atoms with Crippen LogP contribution in [0.5, 0.6) is 0 Å². The van der Waals surface area contributed by atoms with Crippen molar-refractivity contribution in [3.63, 3.8) is 0 Å². The minimum Gasteiger partial charge on any atom is -0.379 e. The van der Waals surface area contributed by atoms with E-state index in [2.05, 4.69) is 29.5 Å². The van der Waals surface area contributed by atoms with Crippen LogP contribution < -0.4 is 16.2 Å².